The van der Waals surface area contributed by atoms with Crippen LogP contribution in [0.15, 0.2) is 42.5 Å². The topological polar surface area (TPSA) is 75.7 Å². The Balaban J connectivity index is 1.27. The number of ketones is 2. The number of carbonyl (C=O) groups is 3. The van der Waals surface area contributed by atoms with E-state index in [0.717, 1.165) is 24.2 Å². The van der Waals surface area contributed by atoms with Gasteiger partial charge in [-0.3, -0.25) is 14.4 Å². The van der Waals surface area contributed by atoms with Gasteiger partial charge in [0, 0.05) is 17.5 Å². The van der Waals surface area contributed by atoms with E-state index in [1.807, 2.05) is 12.1 Å². The van der Waals surface area contributed by atoms with Gasteiger partial charge in [-0.2, -0.15) is 0 Å². The number of benzene rings is 2. The van der Waals surface area contributed by atoms with Crippen LogP contribution in [0, 0.1) is 0 Å². The van der Waals surface area contributed by atoms with Gasteiger partial charge in [0.2, 0.25) is 0 Å². The molecule has 6 nitrogen and oxygen atoms in total. The number of carbonyl (C=O) groups excluding carboxylic acids is 3. The Hall–Kier alpha value is -2.99. The van der Waals surface area contributed by atoms with Crippen LogP contribution in [0.4, 0.5) is 0 Å². The van der Waals surface area contributed by atoms with Gasteiger partial charge in [0.15, 0.2) is 5.78 Å². The van der Waals surface area contributed by atoms with Crippen LogP contribution in [0.2, 0.25) is 0 Å². The molecule has 1 N–H and O–H groups in total. The Bertz CT molecular complexity index is 1060. The maximum atomic E-state index is 13.1. The van der Waals surface area contributed by atoms with E-state index in [2.05, 4.69) is 29.6 Å². The summed E-state index contributed by atoms with van der Waals surface area (Å²) in [5.74, 6) is 0.992. The third-order valence-corrected chi connectivity index (χ3v) is 7.19. The normalized spacial score (nSPS) is 21.8. The predicted molar refractivity (Wildman–Crippen MR) is 124 cm³/mol. The number of nitrogens with one attached hydrogen (secondary N) is 1. The average Bonchev–Trinajstić information content (AvgIpc) is 3.07. The van der Waals surface area contributed by atoms with Crippen LogP contribution in [-0.2, 0) is 22.7 Å². The van der Waals surface area contributed by atoms with Gasteiger partial charge in [-0.1, -0.05) is 30.3 Å². The average molecular weight is 447 g/mol. The van der Waals surface area contributed by atoms with Crippen molar-refractivity contribution in [3.05, 3.63) is 64.7 Å². The first-order chi connectivity index (χ1) is 16.1. The lowest BCUT2D eigenvalue weighted by molar-refractivity contribution is -0.128. The van der Waals surface area contributed by atoms with Gasteiger partial charge in [0.25, 0.3) is 5.91 Å². The Morgan fingerprint density at radius 3 is 2.55 bits per heavy atom. The molecule has 6 heteroatoms. The monoisotopic (exact) mass is 446 g/mol. The molecule has 0 unspecified atom stereocenters. The summed E-state index contributed by atoms with van der Waals surface area (Å²) in [4.78, 5) is 39.1. The third-order valence-electron chi connectivity index (χ3n) is 7.19. The van der Waals surface area contributed by atoms with Crippen molar-refractivity contribution in [2.45, 2.75) is 63.6 Å². The molecular formula is C27H30N2O4. The minimum atomic E-state index is -0.522. The van der Waals surface area contributed by atoms with Crippen LogP contribution in [-0.4, -0.2) is 41.5 Å². The van der Waals surface area contributed by atoms with Crippen molar-refractivity contribution in [1.82, 2.24) is 10.2 Å². The van der Waals surface area contributed by atoms with Crippen molar-refractivity contribution in [2.24, 2.45) is 0 Å². The highest BCUT2D eigenvalue weighted by Crippen LogP contribution is 2.34. The molecule has 0 radical (unpaired) electrons. The van der Waals surface area contributed by atoms with E-state index in [4.69, 9.17) is 4.74 Å². The van der Waals surface area contributed by atoms with Crippen LogP contribution >= 0.6 is 0 Å². The fourth-order valence-electron chi connectivity index (χ4n) is 5.30. The predicted octanol–water partition coefficient (Wildman–Crippen LogP) is 3.77. The summed E-state index contributed by atoms with van der Waals surface area (Å²) in [6.07, 6.45) is 3.89. The standard InChI is InChI=1S/C27H30N2O4/c30-21-3-1-5-24(25(31)15-21)29-16-23-22(27(29)32)4-2-6-26(23)33-17-18-7-9-19(10-8-18)20-11-13-28-14-12-20/h2,4,6-10,20,24,28H,1,3,5,11-17H2/t24-/m0/s1. The van der Waals surface area contributed by atoms with Gasteiger partial charge < -0.3 is 15.0 Å². The fraction of sp³-hybridized carbons (Fsp3) is 0.444. The maximum Gasteiger partial charge on any atom is 0.255 e. The number of fused-ring (bicyclic) bond motifs is 1. The third kappa shape index (κ3) is 4.58. The first kappa shape index (κ1) is 21.8. The second-order valence-corrected chi connectivity index (χ2v) is 9.36. The number of piperidine rings is 1. The van der Waals surface area contributed by atoms with Gasteiger partial charge in [-0.15, -0.1) is 0 Å². The molecule has 1 saturated carbocycles. The van der Waals surface area contributed by atoms with E-state index in [1.54, 1.807) is 11.0 Å². The van der Waals surface area contributed by atoms with E-state index in [9.17, 15) is 14.4 Å². The van der Waals surface area contributed by atoms with Crippen molar-refractivity contribution >= 4 is 17.5 Å². The summed E-state index contributed by atoms with van der Waals surface area (Å²) in [6.45, 7) is 2.93. The lowest BCUT2D eigenvalue weighted by Gasteiger charge is -2.25. The van der Waals surface area contributed by atoms with Crippen molar-refractivity contribution < 1.29 is 19.1 Å². The Morgan fingerprint density at radius 1 is 0.970 bits per heavy atom. The molecule has 0 bridgehead atoms. The number of Topliss-reactive ketones (excluding diaryl/α,β-unsaturated/α-hetero) is 2. The zero-order chi connectivity index (χ0) is 22.8. The van der Waals surface area contributed by atoms with Crippen LogP contribution in [0.1, 0.15) is 71.5 Å². The summed E-state index contributed by atoms with van der Waals surface area (Å²) >= 11 is 0. The molecule has 1 saturated heterocycles. The van der Waals surface area contributed by atoms with Crippen LogP contribution in [0.3, 0.4) is 0 Å². The Kier molecular flexibility index (Phi) is 6.27. The largest absolute Gasteiger partial charge is 0.489 e. The first-order valence-electron chi connectivity index (χ1n) is 12.0. The summed E-state index contributed by atoms with van der Waals surface area (Å²) in [7, 11) is 0. The van der Waals surface area contributed by atoms with E-state index in [0.29, 0.717) is 49.6 Å². The summed E-state index contributed by atoms with van der Waals surface area (Å²) in [6, 6.07) is 13.6. The highest BCUT2D eigenvalue weighted by Gasteiger charge is 2.38. The van der Waals surface area contributed by atoms with Crippen molar-refractivity contribution in [3.63, 3.8) is 0 Å². The van der Waals surface area contributed by atoms with Crippen LogP contribution < -0.4 is 10.1 Å². The molecule has 2 heterocycles. The van der Waals surface area contributed by atoms with Gasteiger partial charge >= 0.3 is 0 Å². The smallest absolute Gasteiger partial charge is 0.255 e. The SMILES string of the molecule is O=C1CCC[C@H](N2Cc3c(OCc4ccc(C5CCNCC5)cc4)cccc3C2=O)C(=O)C1. The van der Waals surface area contributed by atoms with Gasteiger partial charge in [0.1, 0.15) is 18.1 Å². The molecule has 172 valence electrons. The summed E-state index contributed by atoms with van der Waals surface area (Å²) in [5.41, 5.74) is 3.90. The number of hydrogen-bond donors (Lipinski definition) is 1. The molecule has 0 aromatic heterocycles. The molecule has 33 heavy (non-hydrogen) atoms. The second kappa shape index (κ2) is 9.48. The second-order valence-electron chi connectivity index (χ2n) is 9.36. The minimum Gasteiger partial charge on any atom is -0.489 e. The lowest BCUT2D eigenvalue weighted by Crippen LogP contribution is -2.41. The molecule has 3 aliphatic rings. The van der Waals surface area contributed by atoms with Crippen LogP contribution in [0.5, 0.6) is 5.75 Å². The van der Waals surface area contributed by atoms with Crippen molar-refractivity contribution in [1.29, 1.82) is 0 Å². The number of nitrogens with zero attached hydrogens (tertiary/aromatic N) is 1. The van der Waals surface area contributed by atoms with E-state index < -0.39 is 6.04 Å². The molecule has 2 aliphatic heterocycles. The number of hydrogen-bond acceptors (Lipinski definition) is 5. The van der Waals surface area contributed by atoms with E-state index in [-0.39, 0.29) is 23.9 Å². The number of ether oxygens (including phenoxy) is 1. The number of rotatable bonds is 5. The van der Waals surface area contributed by atoms with Crippen molar-refractivity contribution in [3.8, 4) is 5.75 Å². The lowest BCUT2D eigenvalue weighted by atomic mass is 9.90. The van der Waals surface area contributed by atoms with Gasteiger partial charge in [-0.25, -0.2) is 0 Å². The molecule has 1 amide bonds. The molecule has 1 atom stereocenters. The molecular weight excluding hydrogens is 416 g/mol. The molecule has 0 spiro atoms. The van der Waals surface area contributed by atoms with Gasteiger partial charge in [-0.05, 0) is 68.0 Å². The minimum absolute atomic E-state index is 0.0261. The van der Waals surface area contributed by atoms with E-state index in [1.165, 1.54) is 18.4 Å². The molecule has 1 aliphatic carbocycles. The molecule has 2 aromatic rings. The first-order valence-corrected chi connectivity index (χ1v) is 12.0. The van der Waals surface area contributed by atoms with Crippen LogP contribution in [0.25, 0.3) is 0 Å². The van der Waals surface area contributed by atoms with Crippen molar-refractivity contribution in [2.75, 3.05) is 13.1 Å². The zero-order valence-corrected chi connectivity index (χ0v) is 18.8. The fourth-order valence-corrected chi connectivity index (χ4v) is 5.30. The quantitative estimate of drug-likeness (QED) is 0.559. The molecule has 2 fully saturated rings. The maximum absolute atomic E-state index is 13.1. The highest BCUT2D eigenvalue weighted by atomic mass is 16.5. The Morgan fingerprint density at radius 2 is 1.76 bits per heavy atom. The number of amides is 1. The molecule has 2 aromatic carbocycles. The zero-order valence-electron chi connectivity index (χ0n) is 18.8. The highest BCUT2D eigenvalue weighted by molar-refractivity contribution is 6.06. The Labute approximate surface area is 194 Å². The summed E-state index contributed by atoms with van der Waals surface area (Å²) in [5, 5.41) is 3.41. The van der Waals surface area contributed by atoms with E-state index >= 15 is 0 Å². The summed E-state index contributed by atoms with van der Waals surface area (Å²) < 4.78 is 6.14. The molecule has 5 rings (SSSR count). The van der Waals surface area contributed by atoms with Gasteiger partial charge in [0.05, 0.1) is 19.0 Å².